The minimum Gasteiger partial charge on any atom is -0.306 e. The van der Waals surface area contributed by atoms with Crippen molar-refractivity contribution in [2.24, 2.45) is 0 Å². The summed E-state index contributed by atoms with van der Waals surface area (Å²) in [5.74, 6) is 0. The number of halogens is 3. The molecule has 1 unspecified atom stereocenters. The van der Waals surface area contributed by atoms with Crippen molar-refractivity contribution in [1.82, 2.24) is 5.32 Å². The van der Waals surface area contributed by atoms with Gasteiger partial charge in [-0.15, -0.1) is 11.3 Å². The summed E-state index contributed by atoms with van der Waals surface area (Å²) in [6.07, 6.45) is 0. The maximum atomic E-state index is 3.58. The molecule has 0 aliphatic carbocycles. The molecule has 1 aromatic carbocycles. The number of nitrogens with one attached hydrogen (secondary N) is 1. The average molecular weight is 468 g/mol. The number of aryl methyl sites for hydroxylation is 1. The van der Waals surface area contributed by atoms with Crippen molar-refractivity contribution in [1.29, 1.82) is 0 Å². The lowest BCUT2D eigenvalue weighted by Crippen LogP contribution is -2.21. The summed E-state index contributed by atoms with van der Waals surface area (Å²) in [4.78, 5) is 1.31. The summed E-state index contributed by atoms with van der Waals surface area (Å²) in [7, 11) is 0. The third-order valence-corrected chi connectivity index (χ3v) is 6.72. The van der Waals surface area contributed by atoms with Gasteiger partial charge in [0.05, 0.1) is 9.83 Å². The molecule has 5 heteroatoms. The van der Waals surface area contributed by atoms with Crippen LogP contribution in [-0.2, 0) is 0 Å². The smallest absolute Gasteiger partial charge is 0.0843 e. The summed E-state index contributed by atoms with van der Waals surface area (Å²) in [5, 5.41) is 3.57. The van der Waals surface area contributed by atoms with E-state index in [9.17, 15) is 0 Å². The van der Waals surface area contributed by atoms with Crippen LogP contribution in [0.1, 0.15) is 29.0 Å². The monoisotopic (exact) mass is 465 g/mol. The largest absolute Gasteiger partial charge is 0.306 e. The van der Waals surface area contributed by atoms with E-state index in [1.165, 1.54) is 16.0 Å². The molecule has 0 bridgehead atoms. The van der Waals surface area contributed by atoms with Crippen LogP contribution in [-0.4, -0.2) is 6.54 Å². The third-order valence-electron chi connectivity index (χ3n) is 2.91. The second kappa shape index (κ2) is 6.85. The molecule has 0 saturated carbocycles. The summed E-state index contributed by atoms with van der Waals surface area (Å²) in [6, 6.07) is 8.85. The molecular formula is C14H14Br3NS. The van der Waals surface area contributed by atoms with Crippen molar-refractivity contribution in [3.05, 3.63) is 53.0 Å². The van der Waals surface area contributed by atoms with Crippen LogP contribution < -0.4 is 5.32 Å². The van der Waals surface area contributed by atoms with Gasteiger partial charge in [-0.2, -0.15) is 0 Å². The van der Waals surface area contributed by atoms with Crippen LogP contribution in [0.3, 0.4) is 0 Å². The maximum Gasteiger partial charge on any atom is 0.0843 e. The number of rotatable bonds is 4. The lowest BCUT2D eigenvalue weighted by molar-refractivity contribution is 0.636. The quantitative estimate of drug-likeness (QED) is 0.577. The van der Waals surface area contributed by atoms with E-state index in [1.54, 1.807) is 11.3 Å². The zero-order valence-corrected chi connectivity index (χ0v) is 16.2. The minimum atomic E-state index is 0.232. The molecule has 1 aromatic heterocycles. The number of hydrogen-bond acceptors (Lipinski definition) is 2. The molecule has 0 aliphatic heterocycles. The SMILES string of the molecule is CCNC(c1cc(Br)c(Br)s1)c1cc(Br)ccc1C. The minimum absolute atomic E-state index is 0.232. The maximum absolute atomic E-state index is 3.58. The highest BCUT2D eigenvalue weighted by Gasteiger charge is 2.19. The van der Waals surface area contributed by atoms with Gasteiger partial charge >= 0.3 is 0 Å². The van der Waals surface area contributed by atoms with Gasteiger partial charge in [-0.25, -0.2) is 0 Å². The lowest BCUT2D eigenvalue weighted by Gasteiger charge is -2.19. The van der Waals surface area contributed by atoms with E-state index in [4.69, 9.17) is 0 Å². The molecular weight excluding hydrogens is 454 g/mol. The molecule has 0 fully saturated rings. The highest BCUT2D eigenvalue weighted by Crippen LogP contribution is 2.38. The molecule has 0 radical (unpaired) electrons. The van der Waals surface area contributed by atoms with Crippen molar-refractivity contribution >= 4 is 59.1 Å². The van der Waals surface area contributed by atoms with Crippen molar-refractivity contribution in [3.63, 3.8) is 0 Å². The van der Waals surface area contributed by atoms with Gasteiger partial charge in [-0.05, 0) is 74.7 Å². The van der Waals surface area contributed by atoms with Gasteiger partial charge < -0.3 is 5.32 Å². The van der Waals surface area contributed by atoms with E-state index in [0.29, 0.717) is 0 Å². The van der Waals surface area contributed by atoms with Crippen molar-refractivity contribution in [3.8, 4) is 0 Å². The van der Waals surface area contributed by atoms with Crippen LogP contribution >= 0.6 is 59.1 Å². The van der Waals surface area contributed by atoms with Gasteiger partial charge in [0.2, 0.25) is 0 Å². The molecule has 2 rings (SSSR count). The van der Waals surface area contributed by atoms with Crippen LogP contribution in [0.4, 0.5) is 0 Å². The van der Waals surface area contributed by atoms with Crippen molar-refractivity contribution in [2.45, 2.75) is 19.9 Å². The fraction of sp³-hybridized carbons (Fsp3) is 0.286. The first-order valence-corrected chi connectivity index (χ1v) is 9.16. The van der Waals surface area contributed by atoms with Crippen molar-refractivity contribution < 1.29 is 0 Å². The normalized spacial score (nSPS) is 12.7. The average Bonchev–Trinajstić information content (AvgIpc) is 2.70. The molecule has 19 heavy (non-hydrogen) atoms. The lowest BCUT2D eigenvalue weighted by atomic mass is 10.00. The second-order valence-corrected chi connectivity index (χ2v) is 8.43. The van der Waals surface area contributed by atoms with E-state index < -0.39 is 0 Å². The Morgan fingerprint density at radius 1 is 1.21 bits per heavy atom. The Bertz CT molecular complexity index is 561. The van der Waals surface area contributed by atoms with Gasteiger partial charge in [0.1, 0.15) is 0 Å². The van der Waals surface area contributed by atoms with Gasteiger partial charge in [-0.1, -0.05) is 28.9 Å². The van der Waals surface area contributed by atoms with Crippen LogP contribution in [0.5, 0.6) is 0 Å². The fourth-order valence-electron chi connectivity index (χ4n) is 2.00. The first-order chi connectivity index (χ1) is 9.02. The number of thiophene rings is 1. The van der Waals surface area contributed by atoms with Gasteiger partial charge in [-0.3, -0.25) is 0 Å². The van der Waals surface area contributed by atoms with E-state index in [2.05, 4.69) is 91.2 Å². The summed E-state index contributed by atoms with van der Waals surface area (Å²) in [6.45, 7) is 5.23. The summed E-state index contributed by atoms with van der Waals surface area (Å²) >= 11 is 12.5. The fourth-order valence-corrected chi connectivity index (χ4v) is 4.56. The third kappa shape index (κ3) is 3.70. The predicted molar refractivity (Wildman–Crippen MR) is 94.1 cm³/mol. The standard InChI is InChI=1S/C14H14Br3NS/c1-3-18-13(12-7-11(16)14(17)19-12)10-6-9(15)5-4-8(10)2/h4-7,13,18H,3H2,1-2H3. The number of benzene rings is 1. The molecule has 0 aliphatic rings. The summed E-state index contributed by atoms with van der Waals surface area (Å²) in [5.41, 5.74) is 2.62. The molecule has 0 amide bonds. The van der Waals surface area contributed by atoms with E-state index >= 15 is 0 Å². The Labute approximate surface area is 143 Å². The molecule has 1 nitrogen and oxygen atoms in total. The van der Waals surface area contributed by atoms with Crippen LogP contribution in [0.25, 0.3) is 0 Å². The highest BCUT2D eigenvalue weighted by atomic mass is 79.9. The summed E-state index contributed by atoms with van der Waals surface area (Å²) < 4.78 is 3.37. The van der Waals surface area contributed by atoms with E-state index in [1.807, 2.05) is 0 Å². The van der Waals surface area contributed by atoms with Crippen LogP contribution in [0, 0.1) is 6.92 Å². The van der Waals surface area contributed by atoms with Gasteiger partial charge in [0.15, 0.2) is 0 Å². The van der Waals surface area contributed by atoms with Gasteiger partial charge in [0.25, 0.3) is 0 Å². The predicted octanol–water partition coefficient (Wildman–Crippen LogP) is 6.04. The van der Waals surface area contributed by atoms with Gasteiger partial charge in [0, 0.05) is 13.8 Å². The number of hydrogen-bond donors (Lipinski definition) is 1. The molecule has 1 heterocycles. The molecule has 2 aromatic rings. The Balaban J connectivity index is 2.47. The van der Waals surface area contributed by atoms with Crippen LogP contribution in [0.15, 0.2) is 37.0 Å². The topological polar surface area (TPSA) is 12.0 Å². The Morgan fingerprint density at radius 3 is 2.53 bits per heavy atom. The molecule has 1 N–H and O–H groups in total. The highest BCUT2D eigenvalue weighted by molar-refractivity contribution is 9.13. The van der Waals surface area contributed by atoms with Crippen molar-refractivity contribution in [2.75, 3.05) is 6.54 Å². The van der Waals surface area contributed by atoms with E-state index in [-0.39, 0.29) is 6.04 Å². The first-order valence-electron chi connectivity index (χ1n) is 5.97. The zero-order valence-electron chi connectivity index (χ0n) is 10.6. The molecule has 102 valence electrons. The molecule has 1 atom stereocenters. The Morgan fingerprint density at radius 2 is 1.95 bits per heavy atom. The van der Waals surface area contributed by atoms with Crippen LogP contribution in [0.2, 0.25) is 0 Å². The molecule has 0 spiro atoms. The van der Waals surface area contributed by atoms with E-state index in [0.717, 1.165) is 19.3 Å². The Hall–Kier alpha value is 0.320. The zero-order chi connectivity index (χ0) is 14.0. The second-order valence-electron chi connectivity index (χ2n) is 4.26. The first kappa shape index (κ1) is 15.7. The Kier molecular flexibility index (Phi) is 5.66. The molecule has 0 saturated heterocycles.